The van der Waals surface area contributed by atoms with Crippen molar-refractivity contribution < 1.29 is 9.90 Å². The summed E-state index contributed by atoms with van der Waals surface area (Å²) in [6.45, 7) is 9.76. The maximum atomic E-state index is 11.8. The molecule has 1 unspecified atom stereocenters. The van der Waals surface area contributed by atoms with E-state index < -0.39 is 6.10 Å². The summed E-state index contributed by atoms with van der Waals surface area (Å²) in [5.74, 6) is 0.136. The number of aryl methyl sites for hydroxylation is 1. The third kappa shape index (κ3) is 3.16. The van der Waals surface area contributed by atoms with E-state index in [-0.39, 0.29) is 11.7 Å². The van der Waals surface area contributed by atoms with Gasteiger partial charge in [0, 0.05) is 5.92 Å². The molecule has 1 rings (SSSR count). The number of benzene rings is 1. The van der Waals surface area contributed by atoms with Gasteiger partial charge in [-0.2, -0.15) is 0 Å². The molecule has 0 aliphatic carbocycles. The second-order valence-electron chi connectivity index (χ2n) is 5.23. The lowest BCUT2D eigenvalue weighted by molar-refractivity contribution is -0.130. The van der Waals surface area contributed by atoms with Crippen LogP contribution in [0.4, 0.5) is 0 Å². The lowest BCUT2D eigenvalue weighted by atomic mass is 9.91. The van der Waals surface area contributed by atoms with Gasteiger partial charge in [-0.15, -0.1) is 0 Å². The highest BCUT2D eigenvalue weighted by Gasteiger charge is 2.22. The van der Waals surface area contributed by atoms with Crippen molar-refractivity contribution in [3.05, 3.63) is 34.9 Å². The summed E-state index contributed by atoms with van der Waals surface area (Å²) in [6, 6.07) is 5.97. The zero-order valence-electron chi connectivity index (χ0n) is 11.3. The molecule has 0 aliphatic rings. The lowest BCUT2D eigenvalue weighted by Gasteiger charge is -2.17. The number of rotatable bonds is 4. The topological polar surface area (TPSA) is 37.3 Å². The fourth-order valence-electron chi connectivity index (χ4n) is 1.78. The Labute approximate surface area is 104 Å². The summed E-state index contributed by atoms with van der Waals surface area (Å²) < 4.78 is 0. The molecule has 0 aromatic heterocycles. The van der Waals surface area contributed by atoms with Crippen molar-refractivity contribution in [2.45, 2.75) is 46.6 Å². The number of Topliss-reactive ketones (excluding diaryl/α,β-unsaturated/α-hetero) is 1. The molecule has 17 heavy (non-hydrogen) atoms. The number of ketones is 1. The average molecular weight is 234 g/mol. The maximum absolute atomic E-state index is 11.8. The first-order valence-corrected chi connectivity index (χ1v) is 6.16. The zero-order valence-corrected chi connectivity index (χ0v) is 11.3. The first-order valence-electron chi connectivity index (χ1n) is 6.16. The summed E-state index contributed by atoms with van der Waals surface area (Å²) >= 11 is 0. The Balaban J connectivity index is 3.12. The molecule has 0 bridgehead atoms. The minimum atomic E-state index is -0.992. The Hall–Kier alpha value is -1.15. The summed E-state index contributed by atoms with van der Waals surface area (Å²) in [6.07, 6.45) is -0.992. The van der Waals surface area contributed by atoms with E-state index in [0.29, 0.717) is 5.92 Å². The van der Waals surface area contributed by atoms with E-state index in [1.807, 2.05) is 32.9 Å². The van der Waals surface area contributed by atoms with Gasteiger partial charge < -0.3 is 5.11 Å². The van der Waals surface area contributed by atoms with Gasteiger partial charge >= 0.3 is 0 Å². The summed E-state index contributed by atoms with van der Waals surface area (Å²) in [7, 11) is 0. The molecule has 0 saturated heterocycles. The molecule has 0 radical (unpaired) electrons. The van der Waals surface area contributed by atoms with Gasteiger partial charge in [-0.3, -0.25) is 4.79 Å². The molecule has 1 atom stereocenters. The molecule has 2 heteroatoms. The zero-order chi connectivity index (χ0) is 13.2. The van der Waals surface area contributed by atoms with Crippen molar-refractivity contribution in [1.82, 2.24) is 0 Å². The van der Waals surface area contributed by atoms with Crippen LogP contribution in [0.15, 0.2) is 18.2 Å². The van der Waals surface area contributed by atoms with Crippen LogP contribution in [0.1, 0.15) is 56.4 Å². The molecular weight excluding hydrogens is 212 g/mol. The third-order valence-corrected chi connectivity index (χ3v) is 3.10. The van der Waals surface area contributed by atoms with Crippen LogP contribution < -0.4 is 0 Å². The minimum Gasteiger partial charge on any atom is -0.381 e. The van der Waals surface area contributed by atoms with Gasteiger partial charge in [-0.25, -0.2) is 0 Å². The number of hydrogen-bond donors (Lipinski definition) is 1. The predicted molar refractivity (Wildman–Crippen MR) is 70.1 cm³/mol. The van der Waals surface area contributed by atoms with Crippen LogP contribution >= 0.6 is 0 Å². The van der Waals surface area contributed by atoms with E-state index in [4.69, 9.17) is 0 Å². The van der Waals surface area contributed by atoms with Crippen molar-refractivity contribution in [3.8, 4) is 0 Å². The number of hydrogen-bond acceptors (Lipinski definition) is 2. The summed E-state index contributed by atoms with van der Waals surface area (Å²) in [5.41, 5.74) is 2.87. The highest BCUT2D eigenvalue weighted by molar-refractivity contribution is 5.86. The van der Waals surface area contributed by atoms with Gasteiger partial charge in [0.15, 0.2) is 5.78 Å². The second-order valence-corrected chi connectivity index (χ2v) is 5.23. The van der Waals surface area contributed by atoms with Crippen LogP contribution in [-0.4, -0.2) is 10.9 Å². The minimum absolute atomic E-state index is 0.117. The molecule has 0 aliphatic heterocycles. The van der Waals surface area contributed by atoms with Crippen molar-refractivity contribution in [1.29, 1.82) is 0 Å². The van der Waals surface area contributed by atoms with E-state index in [2.05, 4.69) is 19.9 Å². The molecular formula is C15H22O2. The number of aliphatic hydroxyl groups is 1. The average Bonchev–Trinajstić information content (AvgIpc) is 2.27. The van der Waals surface area contributed by atoms with Gasteiger partial charge in [0.2, 0.25) is 0 Å². The first-order chi connectivity index (χ1) is 7.84. The van der Waals surface area contributed by atoms with Crippen LogP contribution in [0.5, 0.6) is 0 Å². The highest BCUT2D eigenvalue weighted by atomic mass is 16.3. The Morgan fingerprint density at radius 3 is 2.24 bits per heavy atom. The molecule has 0 spiro atoms. The van der Waals surface area contributed by atoms with Crippen molar-refractivity contribution in [2.24, 2.45) is 5.92 Å². The van der Waals surface area contributed by atoms with Gasteiger partial charge in [0.1, 0.15) is 6.10 Å². The summed E-state index contributed by atoms with van der Waals surface area (Å²) in [5, 5.41) is 10.1. The SMILES string of the molecule is Cc1ccc(C(C)C)cc1C(O)C(=O)C(C)C. The number of carbonyl (C=O) groups excluding carboxylic acids is 1. The Morgan fingerprint density at radius 1 is 1.18 bits per heavy atom. The largest absolute Gasteiger partial charge is 0.381 e. The van der Waals surface area contributed by atoms with E-state index >= 15 is 0 Å². The van der Waals surface area contributed by atoms with Crippen molar-refractivity contribution in [3.63, 3.8) is 0 Å². The fraction of sp³-hybridized carbons (Fsp3) is 0.533. The normalized spacial score (nSPS) is 13.2. The molecule has 94 valence electrons. The lowest BCUT2D eigenvalue weighted by Crippen LogP contribution is -2.18. The van der Waals surface area contributed by atoms with E-state index in [9.17, 15) is 9.90 Å². The first kappa shape index (κ1) is 13.9. The van der Waals surface area contributed by atoms with Gasteiger partial charge in [-0.05, 0) is 29.5 Å². The van der Waals surface area contributed by atoms with E-state index in [1.54, 1.807) is 0 Å². The molecule has 1 aromatic rings. The van der Waals surface area contributed by atoms with Crippen molar-refractivity contribution >= 4 is 5.78 Å². The predicted octanol–water partition coefficient (Wildman–Crippen LogP) is 3.38. The van der Waals surface area contributed by atoms with Gasteiger partial charge in [-0.1, -0.05) is 45.9 Å². The molecule has 2 nitrogen and oxygen atoms in total. The third-order valence-electron chi connectivity index (χ3n) is 3.10. The quantitative estimate of drug-likeness (QED) is 0.867. The Morgan fingerprint density at radius 2 is 1.76 bits per heavy atom. The van der Waals surface area contributed by atoms with Crippen LogP contribution in [0.3, 0.4) is 0 Å². The molecule has 1 N–H and O–H groups in total. The van der Waals surface area contributed by atoms with Crippen LogP contribution in [-0.2, 0) is 4.79 Å². The maximum Gasteiger partial charge on any atom is 0.168 e. The van der Waals surface area contributed by atoms with Gasteiger partial charge in [0.25, 0.3) is 0 Å². The number of carbonyl (C=O) groups is 1. The molecule has 0 fully saturated rings. The Kier molecular flexibility index (Phi) is 4.47. The van der Waals surface area contributed by atoms with Crippen molar-refractivity contribution in [2.75, 3.05) is 0 Å². The Bertz CT molecular complexity index is 405. The summed E-state index contributed by atoms with van der Waals surface area (Å²) in [4.78, 5) is 11.8. The second kappa shape index (κ2) is 5.46. The van der Waals surface area contributed by atoms with E-state index in [0.717, 1.165) is 16.7 Å². The monoisotopic (exact) mass is 234 g/mol. The number of aliphatic hydroxyl groups excluding tert-OH is 1. The molecule has 0 saturated carbocycles. The molecule has 1 aromatic carbocycles. The molecule has 0 amide bonds. The van der Waals surface area contributed by atoms with Crippen LogP contribution in [0, 0.1) is 12.8 Å². The van der Waals surface area contributed by atoms with Crippen LogP contribution in [0.2, 0.25) is 0 Å². The highest BCUT2D eigenvalue weighted by Crippen LogP contribution is 2.25. The van der Waals surface area contributed by atoms with Gasteiger partial charge in [0.05, 0.1) is 0 Å². The van der Waals surface area contributed by atoms with E-state index in [1.165, 1.54) is 0 Å². The standard InChI is InChI=1S/C15H22O2/c1-9(2)12-7-6-11(5)13(8-12)15(17)14(16)10(3)4/h6-10,15,17H,1-5H3. The fourth-order valence-corrected chi connectivity index (χ4v) is 1.78. The van der Waals surface area contributed by atoms with Crippen LogP contribution in [0.25, 0.3) is 0 Å². The smallest absolute Gasteiger partial charge is 0.168 e. The molecule has 0 heterocycles.